The van der Waals surface area contributed by atoms with E-state index in [2.05, 4.69) is 42.5 Å². The highest BCUT2D eigenvalue weighted by Crippen LogP contribution is 2.56. The fourth-order valence-corrected chi connectivity index (χ4v) is 3.35. The Morgan fingerprint density at radius 1 is 1.18 bits per heavy atom. The second-order valence-corrected chi connectivity index (χ2v) is 7.27. The third-order valence-electron chi connectivity index (χ3n) is 4.29. The summed E-state index contributed by atoms with van der Waals surface area (Å²) in [6.07, 6.45) is 3.39. The molecule has 0 amide bonds. The first-order valence-corrected chi connectivity index (χ1v) is 8.59. The summed E-state index contributed by atoms with van der Waals surface area (Å²) in [4.78, 5) is 3.09. The van der Waals surface area contributed by atoms with E-state index < -0.39 is 0 Å². The van der Waals surface area contributed by atoms with Crippen LogP contribution in [-0.4, -0.2) is 44.7 Å². The lowest BCUT2D eigenvalue weighted by atomic mass is 9.80. The van der Waals surface area contributed by atoms with Crippen LogP contribution < -0.4 is 0 Å². The van der Waals surface area contributed by atoms with Crippen molar-refractivity contribution in [3.05, 3.63) is 29.8 Å². The van der Waals surface area contributed by atoms with E-state index in [-0.39, 0.29) is 19.3 Å². The van der Waals surface area contributed by atoms with Crippen molar-refractivity contribution in [3.8, 4) is 0 Å². The molecule has 1 aromatic carbocycles. The van der Waals surface area contributed by atoms with E-state index >= 15 is 0 Å². The van der Waals surface area contributed by atoms with Crippen LogP contribution in [0.4, 0.5) is 0 Å². The maximum absolute atomic E-state index is 5.90. The molecule has 1 aromatic rings. The van der Waals surface area contributed by atoms with E-state index in [0.717, 1.165) is 11.3 Å². The van der Waals surface area contributed by atoms with Crippen molar-refractivity contribution in [1.82, 2.24) is 4.90 Å². The summed E-state index contributed by atoms with van der Waals surface area (Å²) in [6, 6.07) is 8.70. The van der Waals surface area contributed by atoms with Crippen LogP contribution in [0.5, 0.6) is 0 Å². The molecule has 1 saturated heterocycles. The molecule has 4 nitrogen and oxygen atoms in total. The first-order valence-electron chi connectivity index (χ1n) is 7.82. The number of nitrogens with zero attached hydrogens (tertiary/aromatic N) is 2. The minimum absolute atomic E-state index is 0.0197. The smallest absolute Gasteiger partial charge is 0.406 e. The SMILES string of the molecule is CC1OB(C2CC2c2ccc(S/N=C/N(C)C)cc2)OC1C. The summed E-state index contributed by atoms with van der Waals surface area (Å²) in [5.41, 5.74) is 1.38. The first kappa shape index (κ1) is 15.9. The van der Waals surface area contributed by atoms with E-state index in [4.69, 9.17) is 9.31 Å². The summed E-state index contributed by atoms with van der Waals surface area (Å²) in [5.74, 6) is 1.09. The Kier molecular flexibility index (Phi) is 4.80. The second kappa shape index (κ2) is 6.65. The highest BCUT2D eigenvalue weighted by atomic mass is 32.2. The van der Waals surface area contributed by atoms with Crippen molar-refractivity contribution in [2.24, 2.45) is 4.40 Å². The van der Waals surface area contributed by atoms with Crippen LogP contribution in [0.1, 0.15) is 31.7 Å². The number of hydrogen-bond donors (Lipinski definition) is 0. The van der Waals surface area contributed by atoms with Gasteiger partial charge < -0.3 is 14.2 Å². The molecule has 4 unspecified atom stereocenters. The molecule has 2 fully saturated rings. The van der Waals surface area contributed by atoms with Gasteiger partial charge in [0.1, 0.15) is 0 Å². The van der Waals surface area contributed by atoms with Gasteiger partial charge in [-0.25, -0.2) is 4.40 Å². The first-order chi connectivity index (χ1) is 10.5. The largest absolute Gasteiger partial charge is 0.461 e. The molecule has 22 heavy (non-hydrogen) atoms. The molecule has 1 heterocycles. The van der Waals surface area contributed by atoms with Gasteiger partial charge in [0.2, 0.25) is 0 Å². The third kappa shape index (κ3) is 3.67. The maximum atomic E-state index is 5.90. The molecule has 0 N–H and O–H groups in total. The van der Waals surface area contributed by atoms with Crippen LogP contribution in [0.2, 0.25) is 5.82 Å². The van der Waals surface area contributed by atoms with Gasteiger partial charge in [0, 0.05) is 36.8 Å². The number of hydrogen-bond acceptors (Lipinski definition) is 4. The lowest BCUT2D eigenvalue weighted by Crippen LogP contribution is -2.16. The fourth-order valence-electron chi connectivity index (χ4n) is 2.73. The predicted molar refractivity (Wildman–Crippen MR) is 92.4 cm³/mol. The molecule has 118 valence electrons. The Morgan fingerprint density at radius 3 is 2.41 bits per heavy atom. The van der Waals surface area contributed by atoms with Crippen LogP contribution in [0.3, 0.4) is 0 Å². The Labute approximate surface area is 137 Å². The summed E-state index contributed by atoms with van der Waals surface area (Å²) >= 11 is 1.49. The van der Waals surface area contributed by atoms with Gasteiger partial charge in [-0.15, -0.1) is 0 Å². The van der Waals surface area contributed by atoms with Crippen molar-refractivity contribution in [2.45, 2.75) is 49.1 Å². The molecule has 1 aliphatic carbocycles. The Bertz CT molecular complexity index is 527. The standard InChI is InChI=1S/C16H23BN2O2S/c1-11-12(2)21-17(20-11)16-9-15(16)13-5-7-14(8-6-13)22-18-10-19(3)4/h5-8,10-12,15-16H,9H2,1-4H3/b18-10+. The van der Waals surface area contributed by atoms with Gasteiger partial charge in [0.25, 0.3) is 0 Å². The van der Waals surface area contributed by atoms with Gasteiger partial charge >= 0.3 is 7.12 Å². The minimum atomic E-state index is -0.0197. The van der Waals surface area contributed by atoms with E-state index in [1.807, 2.05) is 25.3 Å². The average Bonchev–Trinajstić information content (AvgIpc) is 3.20. The number of benzene rings is 1. The third-order valence-corrected chi connectivity index (χ3v) is 4.98. The molecule has 2 aliphatic rings. The maximum Gasteiger partial charge on any atom is 0.461 e. The molecule has 6 heteroatoms. The van der Waals surface area contributed by atoms with Crippen molar-refractivity contribution in [1.29, 1.82) is 0 Å². The Hall–Kier alpha value is -0.975. The zero-order valence-corrected chi connectivity index (χ0v) is 14.4. The Morgan fingerprint density at radius 2 is 1.82 bits per heavy atom. The minimum Gasteiger partial charge on any atom is -0.406 e. The highest BCUT2D eigenvalue weighted by Gasteiger charge is 2.53. The summed E-state index contributed by atoms with van der Waals surface area (Å²) < 4.78 is 16.1. The van der Waals surface area contributed by atoms with Gasteiger partial charge in [-0.3, -0.25) is 0 Å². The molecule has 0 spiro atoms. The van der Waals surface area contributed by atoms with Crippen molar-refractivity contribution in [2.75, 3.05) is 14.1 Å². The summed E-state index contributed by atoms with van der Waals surface area (Å²) in [6.45, 7) is 4.17. The highest BCUT2D eigenvalue weighted by molar-refractivity contribution is 7.98. The van der Waals surface area contributed by atoms with E-state index in [1.165, 1.54) is 17.5 Å². The van der Waals surface area contributed by atoms with Gasteiger partial charge in [-0.05, 0) is 43.9 Å². The Balaban J connectivity index is 1.54. The lowest BCUT2D eigenvalue weighted by Gasteiger charge is -2.05. The quantitative estimate of drug-likeness (QED) is 0.360. The average molecular weight is 318 g/mol. The van der Waals surface area contributed by atoms with Crippen LogP contribution >= 0.6 is 11.9 Å². The normalized spacial score (nSPS) is 31.0. The topological polar surface area (TPSA) is 34.1 Å². The summed E-state index contributed by atoms with van der Waals surface area (Å²) in [7, 11) is 3.92. The zero-order valence-electron chi connectivity index (χ0n) is 13.6. The van der Waals surface area contributed by atoms with Gasteiger partial charge in [0.15, 0.2) is 0 Å². The molecule has 0 aromatic heterocycles. The predicted octanol–water partition coefficient (Wildman–Crippen LogP) is 3.45. The van der Waals surface area contributed by atoms with Crippen LogP contribution in [0, 0.1) is 0 Å². The zero-order chi connectivity index (χ0) is 15.7. The van der Waals surface area contributed by atoms with Gasteiger partial charge in [-0.1, -0.05) is 12.1 Å². The van der Waals surface area contributed by atoms with E-state index in [9.17, 15) is 0 Å². The monoisotopic (exact) mass is 318 g/mol. The molecular formula is C16H23BN2O2S. The van der Waals surface area contributed by atoms with Crippen molar-refractivity contribution < 1.29 is 9.31 Å². The van der Waals surface area contributed by atoms with Gasteiger partial charge in [0.05, 0.1) is 18.5 Å². The van der Waals surface area contributed by atoms with Crippen LogP contribution in [-0.2, 0) is 9.31 Å². The molecule has 0 bridgehead atoms. The molecular weight excluding hydrogens is 295 g/mol. The fraction of sp³-hybridized carbons (Fsp3) is 0.562. The van der Waals surface area contributed by atoms with Crippen LogP contribution in [0.15, 0.2) is 33.6 Å². The molecule has 1 aliphatic heterocycles. The molecule has 4 atom stereocenters. The molecule has 3 rings (SSSR count). The second-order valence-electron chi connectivity index (χ2n) is 6.40. The number of rotatable bonds is 5. The van der Waals surface area contributed by atoms with Crippen molar-refractivity contribution >= 4 is 25.4 Å². The molecule has 1 saturated carbocycles. The van der Waals surface area contributed by atoms with E-state index in [1.54, 1.807) is 0 Å². The van der Waals surface area contributed by atoms with Crippen molar-refractivity contribution in [3.63, 3.8) is 0 Å². The van der Waals surface area contributed by atoms with Gasteiger partial charge in [-0.2, -0.15) is 0 Å². The summed E-state index contributed by atoms with van der Waals surface area (Å²) in [5, 5.41) is 0. The van der Waals surface area contributed by atoms with E-state index in [0.29, 0.717) is 11.7 Å². The lowest BCUT2D eigenvalue weighted by molar-refractivity contribution is 0.187. The molecule has 0 radical (unpaired) electrons. The van der Waals surface area contributed by atoms with Crippen LogP contribution in [0.25, 0.3) is 0 Å².